The van der Waals surface area contributed by atoms with Gasteiger partial charge in [0, 0.05) is 30.2 Å². The number of hydrogen-bond acceptors (Lipinski definition) is 5. The molecule has 0 aliphatic carbocycles. The average Bonchev–Trinajstić information content (AvgIpc) is 2.71. The predicted octanol–water partition coefficient (Wildman–Crippen LogP) is 1.82. The molecule has 0 radical (unpaired) electrons. The molecule has 0 unspecified atom stereocenters. The Balaban J connectivity index is 2.24. The summed E-state index contributed by atoms with van der Waals surface area (Å²) >= 11 is 4.65. The lowest BCUT2D eigenvalue weighted by atomic mass is 9.94. The number of sulfonamides is 1. The summed E-state index contributed by atoms with van der Waals surface area (Å²) in [7, 11) is -3.54. The first kappa shape index (κ1) is 15.4. The Labute approximate surface area is 125 Å². The van der Waals surface area contributed by atoms with Gasteiger partial charge in [0.25, 0.3) is 0 Å². The van der Waals surface area contributed by atoms with Gasteiger partial charge >= 0.3 is 0 Å². The zero-order valence-electron chi connectivity index (χ0n) is 10.6. The number of halogens is 1. The highest BCUT2D eigenvalue weighted by Gasteiger charge is 2.33. The van der Waals surface area contributed by atoms with E-state index in [9.17, 15) is 8.42 Å². The van der Waals surface area contributed by atoms with E-state index in [0.717, 1.165) is 4.88 Å². The minimum atomic E-state index is -3.54. The van der Waals surface area contributed by atoms with Crippen LogP contribution in [0.4, 0.5) is 0 Å². The Morgan fingerprint density at radius 2 is 2.16 bits per heavy atom. The van der Waals surface area contributed by atoms with Crippen LogP contribution in [0.25, 0.3) is 0 Å². The topological polar surface area (TPSA) is 81.4 Å². The molecule has 0 saturated carbocycles. The molecule has 19 heavy (non-hydrogen) atoms. The monoisotopic (exact) mass is 368 g/mol. The predicted molar refractivity (Wildman–Crippen MR) is 78.7 cm³/mol. The molecular formula is C11H17BrN2O3S2. The third kappa shape index (κ3) is 3.56. The van der Waals surface area contributed by atoms with Crippen molar-refractivity contribution in [3.63, 3.8) is 0 Å². The van der Waals surface area contributed by atoms with Gasteiger partial charge in [0.1, 0.15) is 4.90 Å². The van der Waals surface area contributed by atoms with Crippen LogP contribution in [0.3, 0.4) is 0 Å². The number of thiophene rings is 1. The first-order chi connectivity index (χ1) is 8.86. The molecule has 1 aliphatic heterocycles. The van der Waals surface area contributed by atoms with Crippen LogP contribution in [0.2, 0.25) is 0 Å². The van der Waals surface area contributed by atoms with Crippen LogP contribution in [0, 0.1) is 0 Å². The highest BCUT2D eigenvalue weighted by atomic mass is 79.9. The smallest absolute Gasteiger partial charge is 0.243 e. The highest BCUT2D eigenvalue weighted by Crippen LogP contribution is 2.33. The molecule has 1 aliphatic rings. The van der Waals surface area contributed by atoms with E-state index in [4.69, 9.17) is 10.5 Å². The Morgan fingerprint density at radius 1 is 1.53 bits per heavy atom. The van der Waals surface area contributed by atoms with Gasteiger partial charge in [0.05, 0.1) is 3.79 Å². The van der Waals surface area contributed by atoms with Gasteiger partial charge in [0.15, 0.2) is 0 Å². The molecule has 1 aromatic rings. The third-order valence-electron chi connectivity index (χ3n) is 3.17. The van der Waals surface area contributed by atoms with Crippen molar-refractivity contribution in [3.05, 3.63) is 14.7 Å². The first-order valence-electron chi connectivity index (χ1n) is 5.96. The molecule has 3 N–H and O–H groups in total. The molecule has 0 spiro atoms. The van der Waals surface area contributed by atoms with Crippen molar-refractivity contribution in [2.45, 2.75) is 36.7 Å². The van der Waals surface area contributed by atoms with Crippen molar-refractivity contribution in [2.24, 2.45) is 5.73 Å². The summed E-state index contributed by atoms with van der Waals surface area (Å²) in [6, 6.07) is 1.62. The van der Waals surface area contributed by atoms with Gasteiger partial charge in [-0.1, -0.05) is 0 Å². The second-order valence-electron chi connectivity index (χ2n) is 4.83. The van der Waals surface area contributed by atoms with Crippen LogP contribution in [0.1, 0.15) is 24.6 Å². The van der Waals surface area contributed by atoms with Crippen molar-refractivity contribution in [2.75, 3.05) is 13.2 Å². The van der Waals surface area contributed by atoms with Crippen LogP contribution in [0.5, 0.6) is 0 Å². The van der Waals surface area contributed by atoms with E-state index in [1.54, 1.807) is 6.07 Å². The number of nitrogens with two attached hydrogens (primary N) is 1. The highest BCUT2D eigenvalue weighted by molar-refractivity contribution is 9.11. The minimum absolute atomic E-state index is 0.269. The lowest BCUT2D eigenvalue weighted by Crippen LogP contribution is -2.49. The minimum Gasteiger partial charge on any atom is -0.381 e. The van der Waals surface area contributed by atoms with Crippen molar-refractivity contribution >= 4 is 37.3 Å². The van der Waals surface area contributed by atoms with Gasteiger partial charge < -0.3 is 10.5 Å². The van der Waals surface area contributed by atoms with E-state index >= 15 is 0 Å². The lowest BCUT2D eigenvalue weighted by Gasteiger charge is -2.33. The van der Waals surface area contributed by atoms with Crippen LogP contribution in [0.15, 0.2) is 14.7 Å². The second-order valence-corrected chi connectivity index (χ2v) is 8.94. The molecule has 1 fully saturated rings. The second kappa shape index (κ2) is 5.79. The molecule has 108 valence electrons. The number of nitrogens with one attached hydrogen (secondary N) is 1. The van der Waals surface area contributed by atoms with E-state index < -0.39 is 15.6 Å². The molecular weight excluding hydrogens is 352 g/mol. The maximum atomic E-state index is 12.4. The normalized spacial score (nSPS) is 19.5. The Morgan fingerprint density at radius 3 is 2.68 bits per heavy atom. The van der Waals surface area contributed by atoms with Crippen LogP contribution in [-0.4, -0.2) is 27.2 Å². The number of hydrogen-bond donors (Lipinski definition) is 2. The molecule has 5 nitrogen and oxygen atoms in total. The molecule has 0 aromatic carbocycles. The zero-order valence-corrected chi connectivity index (χ0v) is 13.8. The van der Waals surface area contributed by atoms with E-state index in [0.29, 0.717) is 36.4 Å². The largest absolute Gasteiger partial charge is 0.381 e. The first-order valence-corrected chi connectivity index (χ1v) is 9.06. The van der Waals surface area contributed by atoms with Crippen molar-refractivity contribution in [3.8, 4) is 0 Å². The molecule has 2 rings (SSSR count). The Hall–Kier alpha value is 0.01000. The quantitative estimate of drug-likeness (QED) is 0.848. The van der Waals surface area contributed by atoms with Gasteiger partial charge in [-0.25, -0.2) is 13.1 Å². The fourth-order valence-corrected chi connectivity index (χ4v) is 6.01. The molecule has 0 atom stereocenters. The standard InChI is InChI=1S/C11H17BrN2O3S2/c1-11(2-4-17-5-3-11)14-19(15,16)9-6-8(7-13)18-10(9)12/h6,14H,2-5,7,13H2,1H3. The maximum Gasteiger partial charge on any atom is 0.243 e. The van der Waals surface area contributed by atoms with Gasteiger partial charge in [-0.2, -0.15) is 0 Å². The third-order valence-corrected chi connectivity index (χ3v) is 7.09. The van der Waals surface area contributed by atoms with Crippen LogP contribution < -0.4 is 10.5 Å². The van der Waals surface area contributed by atoms with Gasteiger partial charge in [0.2, 0.25) is 10.0 Å². The fraction of sp³-hybridized carbons (Fsp3) is 0.636. The van der Waals surface area contributed by atoms with E-state index in [1.807, 2.05) is 6.92 Å². The summed E-state index contributed by atoms with van der Waals surface area (Å²) in [5.74, 6) is 0. The van der Waals surface area contributed by atoms with Crippen LogP contribution >= 0.6 is 27.3 Å². The maximum absolute atomic E-state index is 12.4. The molecule has 8 heteroatoms. The summed E-state index contributed by atoms with van der Waals surface area (Å²) in [6.45, 7) is 3.41. The molecule has 2 heterocycles. The fourth-order valence-electron chi connectivity index (χ4n) is 1.98. The number of ether oxygens (including phenoxy) is 1. The summed E-state index contributed by atoms with van der Waals surface area (Å²) in [5.41, 5.74) is 5.10. The van der Waals surface area contributed by atoms with Crippen LogP contribution in [-0.2, 0) is 21.3 Å². The number of rotatable bonds is 4. The Kier molecular flexibility index (Phi) is 4.69. The van der Waals surface area contributed by atoms with E-state index in [2.05, 4.69) is 20.7 Å². The molecule has 0 bridgehead atoms. The molecule has 1 saturated heterocycles. The van der Waals surface area contributed by atoms with Gasteiger partial charge in [-0.3, -0.25) is 0 Å². The van der Waals surface area contributed by atoms with Gasteiger partial charge in [-0.15, -0.1) is 11.3 Å². The SMILES string of the molecule is CC1(NS(=O)(=O)c2cc(CN)sc2Br)CCOCC1. The molecule has 1 aromatic heterocycles. The lowest BCUT2D eigenvalue weighted by molar-refractivity contribution is 0.0537. The Bertz CT molecular complexity index is 550. The summed E-state index contributed by atoms with van der Waals surface area (Å²) in [5, 5.41) is 0. The van der Waals surface area contributed by atoms with E-state index in [1.165, 1.54) is 11.3 Å². The molecule has 0 amide bonds. The summed E-state index contributed by atoms with van der Waals surface area (Å²) in [4.78, 5) is 1.11. The van der Waals surface area contributed by atoms with Gasteiger partial charge in [-0.05, 0) is 41.8 Å². The zero-order chi connectivity index (χ0) is 14.1. The average molecular weight is 369 g/mol. The van der Waals surface area contributed by atoms with Crippen molar-refractivity contribution in [1.82, 2.24) is 4.72 Å². The summed E-state index contributed by atoms with van der Waals surface area (Å²) < 4.78 is 33.5. The summed E-state index contributed by atoms with van der Waals surface area (Å²) in [6.07, 6.45) is 1.36. The van der Waals surface area contributed by atoms with Crippen molar-refractivity contribution in [1.29, 1.82) is 0 Å². The van der Waals surface area contributed by atoms with Crippen molar-refractivity contribution < 1.29 is 13.2 Å². The van der Waals surface area contributed by atoms with E-state index in [-0.39, 0.29) is 4.90 Å².